The average Bonchev–Trinajstić information content (AvgIpc) is 3.23. The van der Waals surface area contributed by atoms with E-state index in [2.05, 4.69) is 20.4 Å². The Morgan fingerprint density at radius 2 is 1.68 bits per heavy atom. The number of benzene rings is 4. The molecule has 1 aromatic heterocycles. The number of aryl methyl sites for hydroxylation is 1. The van der Waals surface area contributed by atoms with E-state index in [-0.39, 0.29) is 74.6 Å². The second-order valence-corrected chi connectivity index (χ2v) is 13.7. The van der Waals surface area contributed by atoms with Crippen LogP contribution in [0.15, 0.2) is 83.7 Å². The summed E-state index contributed by atoms with van der Waals surface area (Å²) in [6.07, 6.45) is 3.51. The Morgan fingerprint density at radius 1 is 0.950 bits per heavy atom. The minimum absolute atomic E-state index is 0. The minimum atomic E-state index is -0.697. The van der Waals surface area contributed by atoms with Crippen molar-refractivity contribution >= 4 is 54.5 Å². The summed E-state index contributed by atoms with van der Waals surface area (Å²) >= 11 is 0. The molecular weight excluding hydrogens is 1040 g/mol. The third-order valence-corrected chi connectivity index (χ3v) is 9.70. The van der Waals surface area contributed by atoms with E-state index in [4.69, 9.17) is 10.5 Å². The summed E-state index contributed by atoms with van der Waals surface area (Å²) in [5.74, 6) is -1.99. The molecule has 1 fully saturated rings. The van der Waals surface area contributed by atoms with E-state index >= 15 is 0 Å². The quantitative estimate of drug-likeness (QED) is 0.0460. The SMILES string of the molecule is CCc1cccc(-c2cc(N)c(C(=O)NCCOCCN([C-]=O)CC(=O)N3CCN(C)CC3)c(F)c2)c1.O=Cc1cc(Cc2n[nH]c(=O)c3ccccc23)ccc1F.S.[Fm]. The topological polar surface area (TPSA) is 171 Å². The van der Waals surface area contributed by atoms with Crippen molar-refractivity contribution in [3.8, 4) is 11.1 Å². The normalized spacial score (nSPS) is 12.3. The van der Waals surface area contributed by atoms with Crippen LogP contribution in [0.3, 0.4) is 0 Å². The first kappa shape index (κ1) is 47.4. The summed E-state index contributed by atoms with van der Waals surface area (Å²) in [6, 6.07) is 22.1. The first-order valence-corrected chi connectivity index (χ1v) is 18.8. The molecule has 17 heteroatoms. The van der Waals surface area contributed by atoms with Crippen molar-refractivity contribution in [3.63, 3.8) is 0 Å². The number of nitrogens with two attached hydrogens (primary N) is 1. The molecule has 0 bridgehead atoms. The van der Waals surface area contributed by atoms with Crippen molar-refractivity contribution in [3.05, 3.63) is 129 Å². The van der Waals surface area contributed by atoms with Gasteiger partial charge in [-0.15, -0.1) is 0 Å². The van der Waals surface area contributed by atoms with Gasteiger partial charge in [0.15, 0.2) is 6.29 Å². The number of aromatic nitrogens is 2. The molecule has 324 valence electrons. The smallest absolute Gasteiger partial charge is 0.272 e. The van der Waals surface area contributed by atoms with Crippen LogP contribution >= 0.6 is 13.5 Å². The van der Waals surface area contributed by atoms with E-state index in [9.17, 15) is 32.8 Å². The molecule has 0 radical (unpaired) electrons. The van der Waals surface area contributed by atoms with Gasteiger partial charge in [0.05, 0.1) is 42.0 Å². The van der Waals surface area contributed by atoms with Gasteiger partial charge in [-0.1, -0.05) is 55.5 Å². The third-order valence-electron chi connectivity index (χ3n) is 9.70. The molecule has 0 spiro atoms. The van der Waals surface area contributed by atoms with Crippen LogP contribution in [-0.2, 0) is 27.2 Å². The molecule has 3 amide bonds. The molecule has 1 saturated heterocycles. The third kappa shape index (κ3) is 12.5. The molecule has 13 nitrogen and oxygen atoms in total. The van der Waals surface area contributed by atoms with E-state index in [0.29, 0.717) is 42.4 Å². The molecule has 0 aliphatic carbocycles. The van der Waals surface area contributed by atoms with Crippen molar-refractivity contribution in [2.24, 2.45) is 0 Å². The van der Waals surface area contributed by atoms with Crippen molar-refractivity contribution < 1.29 is 32.7 Å². The second kappa shape index (κ2) is 22.8. The fraction of sp³-hybridized carbons (Fsp3) is 0.302. The number of aldehydes is 1. The molecule has 4 N–H and O–H groups in total. The van der Waals surface area contributed by atoms with Gasteiger partial charge in [0, 0.05) is 56.8 Å². The van der Waals surface area contributed by atoms with Crippen LogP contribution in [0.5, 0.6) is 0 Å². The number of rotatable bonds is 15. The van der Waals surface area contributed by atoms with Gasteiger partial charge < -0.3 is 35.3 Å². The Labute approximate surface area is 348 Å². The maximum atomic E-state index is 14.8. The number of nitrogens with one attached hydrogen (secondary N) is 2. The monoisotopic (exact) mass is 1090 g/mol. The van der Waals surface area contributed by atoms with Gasteiger partial charge in [-0.25, -0.2) is 13.9 Å². The van der Waals surface area contributed by atoms with Crippen molar-refractivity contribution in [2.75, 3.05) is 71.8 Å². The Kier molecular flexibility index (Phi) is 18.0. The van der Waals surface area contributed by atoms with Crippen molar-refractivity contribution in [1.82, 2.24) is 30.2 Å². The fourth-order valence-electron chi connectivity index (χ4n) is 6.38. The predicted octanol–water partition coefficient (Wildman–Crippen LogP) is 4.11. The maximum Gasteiger partial charge on any atom is 0.272 e. The van der Waals surface area contributed by atoms with Gasteiger partial charge in [-0.2, -0.15) is 25.0 Å². The van der Waals surface area contributed by atoms with Crippen LogP contribution in [0.25, 0.3) is 21.9 Å². The molecule has 5 aromatic rings. The molecule has 1 aliphatic rings. The number of halogens is 2. The molecular formula is C43H48F2FmN7O6S-. The Morgan fingerprint density at radius 3 is 2.37 bits per heavy atom. The molecule has 0 saturated carbocycles. The number of hydrogen-bond donors (Lipinski definition) is 3. The first-order valence-electron chi connectivity index (χ1n) is 18.8. The summed E-state index contributed by atoms with van der Waals surface area (Å²) in [6.45, 7) is 5.51. The summed E-state index contributed by atoms with van der Waals surface area (Å²) in [4.78, 5) is 63.7. The van der Waals surface area contributed by atoms with Gasteiger partial charge in [0.2, 0.25) is 5.91 Å². The minimum Gasteiger partial charge on any atom is -0.520 e. The van der Waals surface area contributed by atoms with E-state index in [1.54, 1.807) is 35.6 Å². The molecule has 1 aliphatic heterocycles. The number of nitrogens with zero attached hydrogens (tertiary/aromatic N) is 4. The fourth-order valence-corrected chi connectivity index (χ4v) is 6.38. The molecule has 0 unspecified atom stereocenters. The average molecular weight is 1090 g/mol. The number of anilines is 1. The molecule has 2 heterocycles. The van der Waals surface area contributed by atoms with E-state index < -0.39 is 17.5 Å². The zero-order valence-corrected chi connectivity index (χ0v) is 36.6. The van der Waals surface area contributed by atoms with E-state index in [1.165, 1.54) is 23.1 Å². The number of amides is 3. The van der Waals surface area contributed by atoms with Crippen LogP contribution in [0, 0.1) is 11.6 Å². The van der Waals surface area contributed by atoms with Gasteiger partial charge in [0.25, 0.3) is 11.5 Å². The van der Waals surface area contributed by atoms with Crippen LogP contribution in [0.2, 0.25) is 0 Å². The number of carbonyl (C=O) groups is 3. The molecule has 60 heavy (non-hydrogen) atoms. The second-order valence-electron chi connectivity index (χ2n) is 13.7. The zero-order valence-electron chi connectivity index (χ0n) is 33.2. The Bertz CT molecular complexity index is 2290. The van der Waals surface area contributed by atoms with E-state index in [0.717, 1.165) is 41.6 Å². The largest absolute Gasteiger partial charge is 0.520 e. The molecule has 4 aromatic carbocycles. The maximum absolute atomic E-state index is 14.8. The summed E-state index contributed by atoms with van der Waals surface area (Å²) in [7, 11) is 2.00. The summed E-state index contributed by atoms with van der Waals surface area (Å²) in [5.41, 5.74) is 9.62. The van der Waals surface area contributed by atoms with Gasteiger partial charge in [0.1, 0.15) is 11.6 Å². The number of nitrogen functional groups attached to an aromatic ring is 1. The number of H-pyrrole nitrogens is 1. The number of piperazine rings is 1. The number of aromatic amines is 1. The molecule has 0 atom stereocenters. The number of fused-ring (bicyclic) bond motifs is 1. The van der Waals surface area contributed by atoms with Crippen LogP contribution in [0.1, 0.15) is 44.5 Å². The predicted molar refractivity (Wildman–Crippen MR) is 227 cm³/mol. The number of likely N-dealkylation sites (N-methyl/N-ethyl adjacent to an activating group) is 1. The van der Waals surface area contributed by atoms with Crippen LogP contribution < -0.4 is 16.6 Å². The van der Waals surface area contributed by atoms with Crippen LogP contribution in [0.4, 0.5) is 14.5 Å². The van der Waals surface area contributed by atoms with Crippen molar-refractivity contribution in [2.45, 2.75) is 19.8 Å². The number of carbonyl (C=O) groups excluding carboxylic acids is 4. The van der Waals surface area contributed by atoms with Crippen molar-refractivity contribution in [1.29, 1.82) is 0 Å². The van der Waals surface area contributed by atoms with Gasteiger partial charge in [-0.05, 0) is 66.1 Å². The Hall–Kier alpha value is -6.97. The van der Waals surface area contributed by atoms with Crippen LogP contribution in [-0.4, -0.2) is 115 Å². The molecule has 6 rings (SSSR count). The summed E-state index contributed by atoms with van der Waals surface area (Å²) < 4.78 is 33.6. The first-order chi connectivity index (χ1) is 28.0. The Balaban J connectivity index is 0.000000354. The van der Waals surface area contributed by atoms with Gasteiger partial charge >= 0.3 is 0 Å². The number of hydrogen-bond acceptors (Lipinski definition) is 9. The standard InChI is InChI=1S/C27H35FN5O4.C16H11FN2O2.Fm.H2S/c1-3-20-5-4-6-21(15-20)22-16-23(28)26(24(29)17-22)27(36)30-7-13-37-14-12-32(19-34)18-25(35)33-10-8-31(2)9-11-33;17-14-6-5-10(7-11(14)9-20)8-15-12-3-1-2-4-13(12)16(21)19-18-15;;/h4-6,15-17H,3,7-14,18,29H2,1-2H3,(H,30,36);1-7,9H,8H2,(H,19,21);;1H2/q-1;;;. The summed E-state index contributed by atoms with van der Waals surface area (Å²) in [5, 5.41) is 10.4. The zero-order chi connectivity index (χ0) is 41.6. The van der Waals surface area contributed by atoms with Gasteiger partial charge in [-0.3, -0.25) is 19.2 Å². The van der Waals surface area contributed by atoms with E-state index in [1.807, 2.05) is 50.4 Å². The number of ether oxygens (including phenoxy) is 1.